The van der Waals surface area contributed by atoms with Gasteiger partial charge in [0.25, 0.3) is 5.91 Å². The van der Waals surface area contributed by atoms with E-state index in [1.165, 1.54) is 0 Å². The normalized spacial score (nSPS) is 14.4. The number of rotatable bonds is 4. The first-order valence-electron chi connectivity index (χ1n) is 7.90. The number of morpholine rings is 1. The van der Waals surface area contributed by atoms with Gasteiger partial charge in [-0.3, -0.25) is 4.79 Å². The fourth-order valence-corrected chi connectivity index (χ4v) is 2.75. The summed E-state index contributed by atoms with van der Waals surface area (Å²) in [6, 6.07) is 9.18. The molecule has 1 N–H and O–H groups in total. The summed E-state index contributed by atoms with van der Waals surface area (Å²) in [5.74, 6) is -5.26. The molecule has 0 radical (unpaired) electrons. The van der Waals surface area contributed by atoms with Crippen molar-refractivity contribution in [3.63, 3.8) is 0 Å². The number of nitrogens with one attached hydrogen (secondary N) is 1. The summed E-state index contributed by atoms with van der Waals surface area (Å²) in [7, 11) is 0. The third kappa shape index (κ3) is 3.76. The van der Waals surface area contributed by atoms with Crippen LogP contribution in [0.25, 0.3) is 0 Å². The predicted molar refractivity (Wildman–Crippen MR) is 87.0 cm³/mol. The first-order valence-corrected chi connectivity index (χ1v) is 7.90. The molecule has 0 atom stereocenters. The molecule has 25 heavy (non-hydrogen) atoms. The molecule has 0 aromatic heterocycles. The summed E-state index contributed by atoms with van der Waals surface area (Å²) < 4.78 is 45.3. The highest BCUT2D eigenvalue weighted by atomic mass is 19.2. The Kier molecular flexibility index (Phi) is 5.23. The Morgan fingerprint density at radius 1 is 1.04 bits per heavy atom. The molecule has 3 rings (SSSR count). The number of halogens is 3. The number of carbonyl (C=O) groups excluding carboxylic acids is 1. The Hall–Kier alpha value is -2.54. The second kappa shape index (κ2) is 7.57. The molecule has 0 bridgehead atoms. The van der Waals surface area contributed by atoms with Crippen LogP contribution in [0.15, 0.2) is 36.4 Å². The van der Waals surface area contributed by atoms with Crippen LogP contribution in [0.1, 0.15) is 15.9 Å². The maximum atomic E-state index is 13.7. The molecule has 1 amide bonds. The third-order valence-corrected chi connectivity index (χ3v) is 4.06. The number of ether oxygens (including phenoxy) is 1. The first kappa shape index (κ1) is 17.3. The second-order valence-corrected chi connectivity index (χ2v) is 5.63. The van der Waals surface area contributed by atoms with Crippen molar-refractivity contribution in [2.45, 2.75) is 6.54 Å². The van der Waals surface area contributed by atoms with Gasteiger partial charge in [-0.1, -0.05) is 18.2 Å². The Balaban J connectivity index is 1.74. The zero-order chi connectivity index (χ0) is 17.8. The van der Waals surface area contributed by atoms with Gasteiger partial charge < -0.3 is 15.0 Å². The lowest BCUT2D eigenvalue weighted by Crippen LogP contribution is -2.37. The van der Waals surface area contributed by atoms with Gasteiger partial charge in [0.2, 0.25) is 0 Å². The van der Waals surface area contributed by atoms with E-state index in [2.05, 4.69) is 10.2 Å². The number of nitrogens with zero attached hydrogens (tertiary/aromatic N) is 1. The minimum atomic E-state index is -1.65. The van der Waals surface area contributed by atoms with E-state index in [1.54, 1.807) is 0 Å². The fourth-order valence-electron chi connectivity index (χ4n) is 2.75. The average Bonchev–Trinajstić information content (AvgIpc) is 2.65. The van der Waals surface area contributed by atoms with Crippen LogP contribution in [0, 0.1) is 17.5 Å². The van der Waals surface area contributed by atoms with Crippen LogP contribution in [0.2, 0.25) is 0 Å². The van der Waals surface area contributed by atoms with Crippen LogP contribution in [0.3, 0.4) is 0 Å². The van der Waals surface area contributed by atoms with E-state index < -0.39 is 28.9 Å². The van der Waals surface area contributed by atoms with E-state index in [-0.39, 0.29) is 6.54 Å². The number of carbonyl (C=O) groups is 1. The Labute approximate surface area is 143 Å². The molecular weight excluding hydrogens is 333 g/mol. The molecule has 1 aliphatic heterocycles. The summed E-state index contributed by atoms with van der Waals surface area (Å²) in [6.45, 7) is 2.87. The van der Waals surface area contributed by atoms with E-state index in [1.807, 2.05) is 24.3 Å². The van der Waals surface area contributed by atoms with Crippen LogP contribution in [-0.4, -0.2) is 32.2 Å². The Bertz CT molecular complexity index is 777. The van der Waals surface area contributed by atoms with Crippen molar-refractivity contribution in [2.24, 2.45) is 0 Å². The Morgan fingerprint density at radius 2 is 1.76 bits per heavy atom. The van der Waals surface area contributed by atoms with Crippen LogP contribution < -0.4 is 10.2 Å². The molecule has 7 heteroatoms. The van der Waals surface area contributed by atoms with E-state index in [4.69, 9.17) is 4.74 Å². The van der Waals surface area contributed by atoms with Gasteiger partial charge in [-0.05, 0) is 23.8 Å². The highest BCUT2D eigenvalue weighted by molar-refractivity contribution is 5.94. The first-order chi connectivity index (χ1) is 12.1. The molecule has 1 fully saturated rings. The number of hydrogen-bond acceptors (Lipinski definition) is 3. The lowest BCUT2D eigenvalue weighted by atomic mass is 10.1. The molecule has 0 spiro atoms. The molecule has 1 aliphatic rings. The van der Waals surface area contributed by atoms with Crippen molar-refractivity contribution in [1.29, 1.82) is 0 Å². The van der Waals surface area contributed by atoms with Gasteiger partial charge in [0.1, 0.15) is 0 Å². The quantitative estimate of drug-likeness (QED) is 0.862. The lowest BCUT2D eigenvalue weighted by Gasteiger charge is -2.30. The van der Waals surface area contributed by atoms with Crippen LogP contribution in [-0.2, 0) is 11.3 Å². The van der Waals surface area contributed by atoms with Gasteiger partial charge >= 0.3 is 0 Å². The monoisotopic (exact) mass is 350 g/mol. The molecule has 0 aliphatic carbocycles. The summed E-state index contributed by atoms with van der Waals surface area (Å²) in [5.41, 5.74) is 1.28. The lowest BCUT2D eigenvalue weighted by molar-refractivity contribution is 0.0945. The largest absolute Gasteiger partial charge is 0.378 e. The zero-order valence-corrected chi connectivity index (χ0v) is 13.4. The SMILES string of the molecule is O=C(NCc1ccccc1N1CCOCC1)c1ccc(F)c(F)c1F. The van der Waals surface area contributed by atoms with Crippen molar-refractivity contribution in [2.75, 3.05) is 31.2 Å². The number of amides is 1. The molecular formula is C18H17F3N2O2. The van der Waals surface area contributed by atoms with Gasteiger partial charge in [0.05, 0.1) is 18.8 Å². The Morgan fingerprint density at radius 3 is 2.52 bits per heavy atom. The maximum Gasteiger partial charge on any atom is 0.254 e. The van der Waals surface area contributed by atoms with Gasteiger partial charge in [0, 0.05) is 25.3 Å². The van der Waals surface area contributed by atoms with Crippen molar-refractivity contribution in [1.82, 2.24) is 5.32 Å². The van der Waals surface area contributed by atoms with Crippen molar-refractivity contribution in [3.8, 4) is 0 Å². The van der Waals surface area contributed by atoms with Gasteiger partial charge in [-0.2, -0.15) is 0 Å². The van der Waals surface area contributed by atoms with E-state index in [0.29, 0.717) is 13.2 Å². The van der Waals surface area contributed by atoms with Crippen LogP contribution in [0.5, 0.6) is 0 Å². The predicted octanol–water partition coefficient (Wildman–Crippen LogP) is 2.87. The van der Waals surface area contributed by atoms with Gasteiger partial charge in [-0.25, -0.2) is 13.2 Å². The standard InChI is InChI=1S/C18H17F3N2O2/c19-14-6-5-13(16(20)17(14)21)18(24)22-11-12-3-1-2-4-15(12)23-7-9-25-10-8-23/h1-6H,7-11H2,(H,22,24). The van der Waals surface area contributed by atoms with Gasteiger partial charge in [0.15, 0.2) is 17.5 Å². The number of anilines is 1. The van der Waals surface area contributed by atoms with Crippen molar-refractivity contribution >= 4 is 11.6 Å². The molecule has 4 nitrogen and oxygen atoms in total. The molecule has 132 valence electrons. The highest BCUT2D eigenvalue weighted by Crippen LogP contribution is 2.22. The summed E-state index contributed by atoms with van der Waals surface area (Å²) in [5, 5.41) is 2.56. The maximum absolute atomic E-state index is 13.7. The number of hydrogen-bond donors (Lipinski definition) is 1. The third-order valence-electron chi connectivity index (χ3n) is 4.06. The van der Waals surface area contributed by atoms with Crippen LogP contribution in [0.4, 0.5) is 18.9 Å². The smallest absolute Gasteiger partial charge is 0.254 e. The molecule has 2 aromatic rings. The number of benzene rings is 2. The van der Waals surface area contributed by atoms with Crippen molar-refractivity contribution < 1.29 is 22.7 Å². The molecule has 0 saturated carbocycles. The molecule has 1 heterocycles. The average molecular weight is 350 g/mol. The summed E-state index contributed by atoms with van der Waals surface area (Å²) >= 11 is 0. The zero-order valence-electron chi connectivity index (χ0n) is 13.4. The molecule has 0 unspecified atom stereocenters. The fraction of sp³-hybridized carbons (Fsp3) is 0.278. The number of para-hydroxylation sites is 1. The van der Waals surface area contributed by atoms with E-state index >= 15 is 0 Å². The van der Waals surface area contributed by atoms with Crippen LogP contribution >= 0.6 is 0 Å². The minimum absolute atomic E-state index is 0.144. The second-order valence-electron chi connectivity index (χ2n) is 5.63. The topological polar surface area (TPSA) is 41.6 Å². The molecule has 1 saturated heterocycles. The van der Waals surface area contributed by atoms with Gasteiger partial charge in [-0.15, -0.1) is 0 Å². The highest BCUT2D eigenvalue weighted by Gasteiger charge is 2.19. The molecule has 2 aromatic carbocycles. The summed E-state index contributed by atoms with van der Waals surface area (Å²) in [6.07, 6.45) is 0. The van der Waals surface area contributed by atoms with E-state index in [9.17, 15) is 18.0 Å². The van der Waals surface area contributed by atoms with Crippen molar-refractivity contribution in [3.05, 3.63) is 65.0 Å². The summed E-state index contributed by atoms with van der Waals surface area (Å²) in [4.78, 5) is 14.3. The minimum Gasteiger partial charge on any atom is -0.378 e. The van der Waals surface area contributed by atoms with E-state index in [0.717, 1.165) is 36.5 Å².